The van der Waals surface area contributed by atoms with Gasteiger partial charge in [-0.05, 0) is 47.2 Å². The first-order valence-electron chi connectivity index (χ1n) is 8.42. The minimum atomic E-state index is -0.205. The molecule has 0 spiro atoms. The van der Waals surface area contributed by atoms with E-state index in [9.17, 15) is 4.79 Å². The maximum absolute atomic E-state index is 12.7. The van der Waals surface area contributed by atoms with Crippen LogP contribution < -0.4 is 9.64 Å². The van der Waals surface area contributed by atoms with Crippen LogP contribution in [-0.4, -0.2) is 45.5 Å². The Morgan fingerprint density at radius 3 is 2.79 bits per heavy atom. The lowest BCUT2D eigenvalue weighted by atomic mass is 10.2. The third-order valence-electron chi connectivity index (χ3n) is 3.93. The summed E-state index contributed by atoms with van der Waals surface area (Å²) in [6.07, 6.45) is 0. The summed E-state index contributed by atoms with van der Waals surface area (Å²) in [6.45, 7) is 1.93. The van der Waals surface area contributed by atoms with Crippen molar-refractivity contribution in [3.05, 3.63) is 54.1 Å². The number of benzene rings is 2. The van der Waals surface area contributed by atoms with E-state index in [1.807, 2.05) is 49.4 Å². The molecule has 1 amide bonds. The smallest absolute Gasteiger partial charge is 0.238 e. The van der Waals surface area contributed by atoms with Gasteiger partial charge in [0.05, 0.1) is 18.9 Å². The molecule has 28 heavy (non-hydrogen) atoms. The molecule has 0 unspecified atom stereocenters. The molecule has 142 valence electrons. The number of carbonyl (C=O) groups is 1. The number of thioether (sulfide) groups is 1. The Kier molecular flexibility index (Phi) is 6.24. The van der Waals surface area contributed by atoms with Crippen molar-refractivity contribution in [3.63, 3.8) is 0 Å². The summed E-state index contributed by atoms with van der Waals surface area (Å²) in [4.78, 5) is 14.1. The number of aromatic nitrogens is 4. The highest BCUT2D eigenvalue weighted by Gasteiger charge is 2.19. The van der Waals surface area contributed by atoms with Crippen molar-refractivity contribution in [1.82, 2.24) is 20.2 Å². The molecule has 1 heterocycles. The number of rotatable bonds is 7. The Morgan fingerprint density at radius 1 is 1.29 bits per heavy atom. The number of nitrogens with zero attached hydrogens (tertiary/aromatic N) is 6. The number of amides is 1. The predicted octanol–water partition coefficient (Wildman–Crippen LogP) is 2.63. The van der Waals surface area contributed by atoms with Gasteiger partial charge in [0.15, 0.2) is 0 Å². The molecule has 8 nitrogen and oxygen atoms in total. The molecule has 0 radical (unpaired) electrons. The Labute approximate surface area is 166 Å². The van der Waals surface area contributed by atoms with E-state index in [1.54, 1.807) is 23.9 Å². The lowest BCUT2D eigenvalue weighted by Gasteiger charge is -2.19. The van der Waals surface area contributed by atoms with E-state index in [0.29, 0.717) is 22.3 Å². The van der Waals surface area contributed by atoms with Crippen molar-refractivity contribution in [1.29, 1.82) is 5.26 Å². The van der Waals surface area contributed by atoms with E-state index in [1.165, 1.54) is 16.7 Å². The molecule has 0 atom stereocenters. The first kappa shape index (κ1) is 19.4. The number of methoxy groups -OCH3 is 1. The van der Waals surface area contributed by atoms with Crippen molar-refractivity contribution >= 4 is 23.4 Å². The second-order valence-electron chi connectivity index (χ2n) is 5.81. The number of hydrogen-bond donors (Lipinski definition) is 0. The lowest BCUT2D eigenvalue weighted by molar-refractivity contribution is -0.116. The van der Waals surface area contributed by atoms with Crippen LogP contribution in [0, 0.1) is 18.3 Å². The van der Waals surface area contributed by atoms with Gasteiger partial charge < -0.3 is 4.74 Å². The Bertz CT molecular complexity index is 999. The highest BCUT2D eigenvalue weighted by molar-refractivity contribution is 7.99. The molecule has 0 saturated heterocycles. The Hall–Kier alpha value is -3.38. The summed E-state index contributed by atoms with van der Waals surface area (Å²) >= 11 is 1.20. The third-order valence-corrected chi connectivity index (χ3v) is 4.83. The van der Waals surface area contributed by atoms with Crippen LogP contribution in [0.15, 0.2) is 53.7 Å². The van der Waals surface area contributed by atoms with Crippen molar-refractivity contribution in [2.24, 2.45) is 0 Å². The maximum Gasteiger partial charge on any atom is 0.238 e. The van der Waals surface area contributed by atoms with Crippen LogP contribution in [0.3, 0.4) is 0 Å². The molecule has 0 bridgehead atoms. The highest BCUT2D eigenvalue weighted by atomic mass is 32.2. The van der Waals surface area contributed by atoms with Crippen LogP contribution in [0.1, 0.15) is 5.56 Å². The molecule has 9 heteroatoms. The molecule has 3 rings (SSSR count). The first-order chi connectivity index (χ1) is 13.6. The average Bonchev–Trinajstić information content (AvgIpc) is 3.19. The zero-order valence-electron chi connectivity index (χ0n) is 15.4. The average molecular weight is 394 g/mol. The predicted molar refractivity (Wildman–Crippen MR) is 106 cm³/mol. The lowest BCUT2D eigenvalue weighted by Crippen LogP contribution is -2.32. The van der Waals surface area contributed by atoms with Crippen LogP contribution in [0.5, 0.6) is 5.75 Å². The van der Waals surface area contributed by atoms with Gasteiger partial charge in [0, 0.05) is 5.69 Å². The fourth-order valence-corrected chi connectivity index (χ4v) is 3.35. The largest absolute Gasteiger partial charge is 0.494 e. The zero-order chi connectivity index (χ0) is 19.9. The van der Waals surface area contributed by atoms with Gasteiger partial charge in [-0.1, -0.05) is 36.0 Å². The summed E-state index contributed by atoms with van der Waals surface area (Å²) < 4.78 is 6.94. The third kappa shape index (κ3) is 4.29. The van der Waals surface area contributed by atoms with Crippen molar-refractivity contribution in [2.45, 2.75) is 12.1 Å². The Morgan fingerprint density at radius 2 is 2.07 bits per heavy atom. The second-order valence-corrected chi connectivity index (χ2v) is 6.75. The number of carbonyl (C=O) groups excluding carboxylic acids is 1. The molecule has 1 aromatic heterocycles. The van der Waals surface area contributed by atoms with Gasteiger partial charge in [0.2, 0.25) is 11.1 Å². The number of nitriles is 1. The fraction of sp³-hybridized carbons (Fsp3) is 0.211. The van der Waals surface area contributed by atoms with Crippen LogP contribution in [0.4, 0.5) is 5.69 Å². The SMILES string of the molecule is COc1ccc(C)cc1-n1nnnc1SCC(=O)N(CC#N)c1ccccc1. The summed E-state index contributed by atoms with van der Waals surface area (Å²) in [5.41, 5.74) is 2.40. The van der Waals surface area contributed by atoms with Crippen molar-refractivity contribution < 1.29 is 9.53 Å². The monoisotopic (exact) mass is 394 g/mol. The number of ether oxygens (including phenoxy) is 1. The van der Waals surface area contributed by atoms with Gasteiger partial charge in [-0.2, -0.15) is 9.94 Å². The van der Waals surface area contributed by atoms with Gasteiger partial charge >= 0.3 is 0 Å². The van der Waals surface area contributed by atoms with Crippen LogP contribution in [0.2, 0.25) is 0 Å². The second kappa shape index (κ2) is 9.01. The summed E-state index contributed by atoms with van der Waals surface area (Å²) in [6, 6.07) is 16.8. The van der Waals surface area contributed by atoms with Crippen LogP contribution >= 0.6 is 11.8 Å². The zero-order valence-corrected chi connectivity index (χ0v) is 16.3. The molecule has 0 aliphatic rings. The van der Waals surface area contributed by atoms with E-state index in [0.717, 1.165) is 5.56 Å². The van der Waals surface area contributed by atoms with Gasteiger partial charge in [-0.15, -0.1) is 5.10 Å². The molecular formula is C19H18N6O2S. The molecular weight excluding hydrogens is 376 g/mol. The minimum absolute atomic E-state index is 0.0277. The topological polar surface area (TPSA) is 96.9 Å². The number of anilines is 1. The molecule has 3 aromatic rings. The number of aryl methyl sites for hydroxylation is 1. The van der Waals surface area contributed by atoms with E-state index in [2.05, 4.69) is 15.5 Å². The molecule has 0 N–H and O–H groups in total. The standard InChI is InChI=1S/C19H18N6O2S/c1-14-8-9-17(27-2)16(12-14)25-19(21-22-23-25)28-13-18(26)24(11-10-20)15-6-4-3-5-7-15/h3-9,12H,11,13H2,1-2H3. The molecule has 0 aliphatic carbocycles. The number of para-hydroxylation sites is 1. The van der Waals surface area contributed by atoms with Gasteiger partial charge in [-0.25, -0.2) is 0 Å². The highest BCUT2D eigenvalue weighted by Crippen LogP contribution is 2.27. The van der Waals surface area contributed by atoms with E-state index in [4.69, 9.17) is 10.00 Å². The Balaban J connectivity index is 1.79. The van der Waals surface area contributed by atoms with Crippen LogP contribution in [0.25, 0.3) is 5.69 Å². The number of tetrazole rings is 1. The fourth-order valence-electron chi connectivity index (χ4n) is 2.59. The van der Waals surface area contributed by atoms with Gasteiger partial charge in [0.25, 0.3) is 0 Å². The van der Waals surface area contributed by atoms with E-state index >= 15 is 0 Å². The van der Waals surface area contributed by atoms with Crippen molar-refractivity contribution in [3.8, 4) is 17.5 Å². The van der Waals surface area contributed by atoms with E-state index in [-0.39, 0.29) is 18.2 Å². The summed E-state index contributed by atoms with van der Waals surface area (Å²) in [5, 5.41) is 21.3. The quantitative estimate of drug-likeness (QED) is 0.449. The van der Waals surface area contributed by atoms with Gasteiger partial charge in [0.1, 0.15) is 18.0 Å². The minimum Gasteiger partial charge on any atom is -0.494 e. The molecule has 0 aliphatic heterocycles. The summed E-state index contributed by atoms with van der Waals surface area (Å²) in [5.74, 6) is 0.510. The van der Waals surface area contributed by atoms with Gasteiger partial charge in [-0.3, -0.25) is 9.69 Å². The van der Waals surface area contributed by atoms with Crippen molar-refractivity contribution in [2.75, 3.05) is 24.3 Å². The first-order valence-corrected chi connectivity index (χ1v) is 9.41. The number of hydrogen-bond acceptors (Lipinski definition) is 7. The normalized spacial score (nSPS) is 10.3. The molecule has 0 saturated carbocycles. The van der Waals surface area contributed by atoms with Crippen LogP contribution in [-0.2, 0) is 4.79 Å². The molecule has 0 fully saturated rings. The maximum atomic E-state index is 12.7. The summed E-state index contributed by atoms with van der Waals surface area (Å²) in [7, 11) is 1.58. The molecule has 2 aromatic carbocycles. The van der Waals surface area contributed by atoms with E-state index < -0.39 is 0 Å².